The average Bonchev–Trinajstić information content (AvgIpc) is 2.41. The first-order valence-electron chi connectivity index (χ1n) is 7.44. The minimum atomic E-state index is -0.507. The van der Waals surface area contributed by atoms with Crippen LogP contribution in [0.1, 0.15) is 43.0 Å². The van der Waals surface area contributed by atoms with Gasteiger partial charge in [-0.1, -0.05) is 35.9 Å². The molecule has 0 saturated heterocycles. The molecule has 2 aromatic rings. The first-order chi connectivity index (χ1) is 9.80. The summed E-state index contributed by atoms with van der Waals surface area (Å²) in [4.78, 5) is 0. The maximum absolute atomic E-state index is 6.64. The molecule has 0 aliphatic heterocycles. The smallest absolute Gasteiger partial charge is 0.119 e. The summed E-state index contributed by atoms with van der Waals surface area (Å²) in [5, 5.41) is 0. The second kappa shape index (κ2) is 5.90. The molecule has 1 unspecified atom stereocenters. The van der Waals surface area contributed by atoms with Crippen molar-refractivity contribution in [2.75, 3.05) is 0 Å². The maximum Gasteiger partial charge on any atom is 0.119 e. The highest BCUT2D eigenvalue weighted by Gasteiger charge is 2.25. The number of nitrogens with two attached hydrogens (primary N) is 1. The van der Waals surface area contributed by atoms with Crippen LogP contribution < -0.4 is 10.5 Å². The van der Waals surface area contributed by atoms with Crippen LogP contribution in [0.3, 0.4) is 0 Å². The van der Waals surface area contributed by atoms with Gasteiger partial charge in [0.2, 0.25) is 0 Å². The van der Waals surface area contributed by atoms with E-state index in [0.29, 0.717) is 0 Å². The summed E-state index contributed by atoms with van der Waals surface area (Å²) in [6, 6.07) is 14.5. The van der Waals surface area contributed by atoms with Crippen molar-refractivity contribution in [1.29, 1.82) is 0 Å². The minimum Gasteiger partial charge on any atom is -0.491 e. The van der Waals surface area contributed by atoms with Crippen molar-refractivity contribution in [3.8, 4) is 5.75 Å². The summed E-state index contributed by atoms with van der Waals surface area (Å²) >= 11 is 0. The normalized spacial score (nSPS) is 14.0. The molecule has 0 radical (unpaired) electrons. The van der Waals surface area contributed by atoms with Gasteiger partial charge >= 0.3 is 0 Å². The van der Waals surface area contributed by atoms with Crippen LogP contribution in [0.2, 0.25) is 0 Å². The molecule has 0 aromatic heterocycles. The van der Waals surface area contributed by atoms with Crippen LogP contribution in [0.4, 0.5) is 0 Å². The fourth-order valence-electron chi connectivity index (χ4n) is 2.60. The van der Waals surface area contributed by atoms with E-state index in [-0.39, 0.29) is 6.10 Å². The van der Waals surface area contributed by atoms with E-state index in [2.05, 4.69) is 51.1 Å². The molecule has 21 heavy (non-hydrogen) atoms. The van der Waals surface area contributed by atoms with Gasteiger partial charge in [0.05, 0.1) is 11.6 Å². The van der Waals surface area contributed by atoms with Crippen LogP contribution in [-0.2, 0) is 5.54 Å². The Morgan fingerprint density at radius 2 is 1.62 bits per heavy atom. The lowest BCUT2D eigenvalue weighted by Gasteiger charge is -2.28. The lowest BCUT2D eigenvalue weighted by molar-refractivity contribution is 0.242. The molecule has 0 bridgehead atoms. The molecule has 0 aliphatic carbocycles. The lowest BCUT2D eigenvalue weighted by Crippen LogP contribution is -2.35. The number of benzene rings is 2. The van der Waals surface area contributed by atoms with Gasteiger partial charge < -0.3 is 10.5 Å². The molecule has 0 spiro atoms. The molecule has 2 rings (SSSR count). The van der Waals surface area contributed by atoms with Crippen molar-refractivity contribution in [2.24, 2.45) is 5.73 Å². The van der Waals surface area contributed by atoms with Crippen LogP contribution in [0, 0.1) is 13.8 Å². The second-order valence-electron chi connectivity index (χ2n) is 6.21. The van der Waals surface area contributed by atoms with Crippen LogP contribution in [0.5, 0.6) is 5.75 Å². The third-order valence-corrected chi connectivity index (χ3v) is 3.78. The highest BCUT2D eigenvalue weighted by Crippen LogP contribution is 2.30. The molecular formula is C19H25NO. The molecule has 2 nitrogen and oxygen atoms in total. The number of hydrogen-bond donors (Lipinski definition) is 1. The van der Waals surface area contributed by atoms with Crippen LogP contribution in [0.25, 0.3) is 0 Å². The van der Waals surface area contributed by atoms with E-state index in [4.69, 9.17) is 10.5 Å². The predicted octanol–water partition coefficient (Wildman–Crippen LogP) is 4.31. The summed E-state index contributed by atoms with van der Waals surface area (Å²) in [6.07, 6.45) is 0.180. The Bertz CT molecular complexity index is 612. The van der Waals surface area contributed by atoms with Crippen LogP contribution in [0.15, 0.2) is 42.5 Å². The second-order valence-corrected chi connectivity index (χ2v) is 6.21. The van der Waals surface area contributed by atoms with E-state index in [1.807, 2.05) is 26.0 Å². The highest BCUT2D eigenvalue weighted by molar-refractivity contribution is 5.44. The standard InChI is InChI=1S/C19H25NO/c1-13(2)21-17-10-8-16(9-11-17)19(5,20)18-12-14(3)6-7-15(18)4/h6-13H,20H2,1-5H3. The van der Waals surface area contributed by atoms with Crippen molar-refractivity contribution in [1.82, 2.24) is 0 Å². The molecule has 1 atom stereocenters. The van der Waals surface area contributed by atoms with Gasteiger partial charge in [-0.15, -0.1) is 0 Å². The van der Waals surface area contributed by atoms with Gasteiger partial charge in [-0.05, 0) is 63.4 Å². The van der Waals surface area contributed by atoms with Gasteiger partial charge in [-0.2, -0.15) is 0 Å². The zero-order valence-corrected chi connectivity index (χ0v) is 13.6. The van der Waals surface area contributed by atoms with E-state index in [9.17, 15) is 0 Å². The molecule has 2 aromatic carbocycles. The van der Waals surface area contributed by atoms with Crippen molar-refractivity contribution in [3.63, 3.8) is 0 Å². The lowest BCUT2D eigenvalue weighted by atomic mass is 9.82. The Kier molecular flexibility index (Phi) is 4.38. The summed E-state index contributed by atoms with van der Waals surface area (Å²) in [5.41, 5.74) is 10.8. The van der Waals surface area contributed by atoms with E-state index in [0.717, 1.165) is 11.3 Å². The zero-order chi connectivity index (χ0) is 15.6. The minimum absolute atomic E-state index is 0.180. The topological polar surface area (TPSA) is 35.2 Å². The molecule has 0 heterocycles. The quantitative estimate of drug-likeness (QED) is 0.907. The summed E-state index contributed by atoms with van der Waals surface area (Å²) < 4.78 is 5.69. The average molecular weight is 283 g/mol. The Balaban J connectivity index is 2.36. The summed E-state index contributed by atoms with van der Waals surface area (Å²) in [5.74, 6) is 0.880. The summed E-state index contributed by atoms with van der Waals surface area (Å²) in [7, 11) is 0. The molecule has 0 fully saturated rings. The van der Waals surface area contributed by atoms with Gasteiger partial charge in [-0.25, -0.2) is 0 Å². The predicted molar refractivity (Wildman–Crippen MR) is 88.8 cm³/mol. The zero-order valence-electron chi connectivity index (χ0n) is 13.6. The first-order valence-corrected chi connectivity index (χ1v) is 7.44. The number of ether oxygens (including phenoxy) is 1. The molecule has 2 heteroatoms. The fourth-order valence-corrected chi connectivity index (χ4v) is 2.60. The van der Waals surface area contributed by atoms with Crippen molar-refractivity contribution >= 4 is 0 Å². The molecule has 0 saturated carbocycles. The van der Waals surface area contributed by atoms with Gasteiger partial charge in [0.1, 0.15) is 5.75 Å². The third-order valence-electron chi connectivity index (χ3n) is 3.78. The van der Waals surface area contributed by atoms with E-state index >= 15 is 0 Å². The highest BCUT2D eigenvalue weighted by atomic mass is 16.5. The maximum atomic E-state index is 6.64. The third kappa shape index (κ3) is 3.45. The van der Waals surface area contributed by atoms with Crippen molar-refractivity contribution < 1.29 is 4.74 Å². The van der Waals surface area contributed by atoms with Crippen molar-refractivity contribution in [2.45, 2.75) is 46.3 Å². The van der Waals surface area contributed by atoms with Crippen LogP contribution >= 0.6 is 0 Å². The van der Waals surface area contributed by atoms with Gasteiger partial charge in [0.25, 0.3) is 0 Å². The van der Waals surface area contributed by atoms with Gasteiger partial charge in [0.15, 0.2) is 0 Å². The van der Waals surface area contributed by atoms with Crippen molar-refractivity contribution in [3.05, 3.63) is 64.7 Å². The van der Waals surface area contributed by atoms with Gasteiger partial charge in [-0.3, -0.25) is 0 Å². The molecule has 112 valence electrons. The number of aryl methyl sites for hydroxylation is 2. The first kappa shape index (κ1) is 15.6. The Morgan fingerprint density at radius 1 is 1.00 bits per heavy atom. The fraction of sp³-hybridized carbons (Fsp3) is 0.368. The molecular weight excluding hydrogens is 258 g/mol. The molecule has 0 aliphatic rings. The largest absolute Gasteiger partial charge is 0.491 e. The van der Waals surface area contributed by atoms with E-state index in [1.165, 1.54) is 16.7 Å². The monoisotopic (exact) mass is 283 g/mol. The van der Waals surface area contributed by atoms with Gasteiger partial charge in [0, 0.05) is 0 Å². The Labute approximate surface area is 127 Å². The summed E-state index contributed by atoms with van der Waals surface area (Å²) in [6.45, 7) is 10.3. The SMILES string of the molecule is Cc1ccc(C)c(C(C)(N)c2ccc(OC(C)C)cc2)c1. The van der Waals surface area contributed by atoms with E-state index < -0.39 is 5.54 Å². The number of rotatable bonds is 4. The van der Waals surface area contributed by atoms with Crippen LogP contribution in [-0.4, -0.2) is 6.10 Å². The molecule has 0 amide bonds. The Hall–Kier alpha value is -1.80. The Morgan fingerprint density at radius 3 is 2.19 bits per heavy atom. The molecule has 2 N–H and O–H groups in total. The number of hydrogen-bond acceptors (Lipinski definition) is 2. The van der Waals surface area contributed by atoms with E-state index in [1.54, 1.807) is 0 Å².